The molecule has 0 aromatic rings. The van der Waals surface area contributed by atoms with Crippen LogP contribution in [0, 0.1) is 17.8 Å². The Morgan fingerprint density at radius 3 is 2.33 bits per heavy atom. The SMILES string of the molecule is COCCOCCOCC1C#C1. The first-order valence-corrected chi connectivity index (χ1v) is 4.09. The third kappa shape index (κ3) is 5.14. The number of hydrogen-bond donors (Lipinski definition) is 0. The van der Waals surface area contributed by atoms with Crippen molar-refractivity contribution in [2.24, 2.45) is 5.92 Å². The van der Waals surface area contributed by atoms with Crippen LogP contribution in [0.25, 0.3) is 0 Å². The summed E-state index contributed by atoms with van der Waals surface area (Å²) in [6.07, 6.45) is 0. The average molecular weight is 170 g/mol. The van der Waals surface area contributed by atoms with E-state index in [9.17, 15) is 0 Å². The molecular weight excluding hydrogens is 156 g/mol. The van der Waals surface area contributed by atoms with E-state index in [-0.39, 0.29) is 0 Å². The van der Waals surface area contributed by atoms with Crippen LogP contribution in [-0.4, -0.2) is 40.1 Å². The fraction of sp³-hybridized carbons (Fsp3) is 0.778. The summed E-state index contributed by atoms with van der Waals surface area (Å²) < 4.78 is 15.2. The molecule has 1 rings (SSSR count). The number of methoxy groups -OCH3 is 1. The van der Waals surface area contributed by atoms with Gasteiger partial charge >= 0.3 is 0 Å². The predicted octanol–water partition coefficient (Wildman–Crippen LogP) is 0.299. The van der Waals surface area contributed by atoms with Crippen molar-refractivity contribution in [1.82, 2.24) is 0 Å². The van der Waals surface area contributed by atoms with E-state index >= 15 is 0 Å². The van der Waals surface area contributed by atoms with Gasteiger partial charge in [-0.25, -0.2) is 0 Å². The van der Waals surface area contributed by atoms with E-state index in [1.54, 1.807) is 7.11 Å². The largest absolute Gasteiger partial charge is 0.382 e. The maximum Gasteiger partial charge on any atom is 0.104 e. The lowest BCUT2D eigenvalue weighted by Gasteiger charge is -2.03. The Labute approximate surface area is 73.0 Å². The van der Waals surface area contributed by atoms with Gasteiger partial charge in [0.25, 0.3) is 0 Å². The smallest absolute Gasteiger partial charge is 0.104 e. The monoisotopic (exact) mass is 170 g/mol. The van der Waals surface area contributed by atoms with E-state index in [0.29, 0.717) is 39.0 Å². The lowest BCUT2D eigenvalue weighted by atomic mass is 10.4. The highest BCUT2D eigenvalue weighted by Gasteiger charge is 2.08. The van der Waals surface area contributed by atoms with Gasteiger partial charge in [-0.1, -0.05) is 11.8 Å². The Kier molecular flexibility index (Phi) is 4.77. The van der Waals surface area contributed by atoms with Crippen molar-refractivity contribution in [3.63, 3.8) is 0 Å². The van der Waals surface area contributed by atoms with E-state index in [2.05, 4.69) is 11.8 Å². The number of ether oxygens (including phenoxy) is 3. The minimum atomic E-state index is 0.351. The molecular formula is C9H14O3. The van der Waals surface area contributed by atoms with E-state index in [1.807, 2.05) is 0 Å². The second kappa shape index (κ2) is 6.01. The van der Waals surface area contributed by atoms with Crippen molar-refractivity contribution in [1.29, 1.82) is 0 Å². The number of rotatable bonds is 8. The maximum atomic E-state index is 5.25. The van der Waals surface area contributed by atoms with Crippen LogP contribution in [0.2, 0.25) is 0 Å². The fourth-order valence-electron chi connectivity index (χ4n) is 0.706. The zero-order chi connectivity index (χ0) is 8.65. The maximum absolute atomic E-state index is 5.25. The molecule has 0 saturated carbocycles. The van der Waals surface area contributed by atoms with Gasteiger partial charge < -0.3 is 14.2 Å². The van der Waals surface area contributed by atoms with E-state index < -0.39 is 0 Å². The first-order valence-electron chi connectivity index (χ1n) is 4.09. The van der Waals surface area contributed by atoms with Crippen molar-refractivity contribution in [2.45, 2.75) is 0 Å². The van der Waals surface area contributed by atoms with Gasteiger partial charge in [-0.2, -0.15) is 0 Å². The predicted molar refractivity (Wildman–Crippen MR) is 44.8 cm³/mol. The van der Waals surface area contributed by atoms with Crippen LogP contribution < -0.4 is 0 Å². The molecule has 0 saturated heterocycles. The van der Waals surface area contributed by atoms with Crippen LogP contribution in [-0.2, 0) is 14.2 Å². The quantitative estimate of drug-likeness (QED) is 0.387. The minimum absolute atomic E-state index is 0.351. The molecule has 0 bridgehead atoms. The number of hydrogen-bond acceptors (Lipinski definition) is 3. The Hall–Kier alpha value is -0.560. The Morgan fingerprint density at radius 1 is 1.00 bits per heavy atom. The van der Waals surface area contributed by atoms with Crippen molar-refractivity contribution in [3.8, 4) is 11.8 Å². The minimum Gasteiger partial charge on any atom is -0.382 e. The summed E-state index contributed by atoms with van der Waals surface area (Å²) in [5, 5.41) is 0. The van der Waals surface area contributed by atoms with Crippen LogP contribution in [0.3, 0.4) is 0 Å². The third-order valence-corrected chi connectivity index (χ3v) is 1.44. The second-order valence-corrected chi connectivity index (χ2v) is 2.52. The molecule has 0 spiro atoms. The van der Waals surface area contributed by atoms with E-state index in [4.69, 9.17) is 14.2 Å². The summed E-state index contributed by atoms with van der Waals surface area (Å²) in [4.78, 5) is 0. The molecule has 0 aromatic heterocycles. The molecule has 3 nitrogen and oxygen atoms in total. The molecule has 1 aliphatic carbocycles. The Balaban J connectivity index is 1.65. The molecule has 0 N–H and O–H groups in total. The van der Waals surface area contributed by atoms with Gasteiger partial charge in [0.2, 0.25) is 0 Å². The van der Waals surface area contributed by atoms with Crippen LogP contribution in [0.5, 0.6) is 0 Å². The van der Waals surface area contributed by atoms with Crippen molar-refractivity contribution in [3.05, 3.63) is 0 Å². The zero-order valence-corrected chi connectivity index (χ0v) is 7.34. The van der Waals surface area contributed by atoms with Crippen LogP contribution in [0.1, 0.15) is 0 Å². The molecule has 0 radical (unpaired) electrons. The normalized spacial score (nSPS) is 14.1. The van der Waals surface area contributed by atoms with Gasteiger partial charge in [0, 0.05) is 7.11 Å². The van der Waals surface area contributed by atoms with E-state index in [0.717, 1.165) is 0 Å². The molecule has 3 heteroatoms. The molecule has 0 fully saturated rings. The third-order valence-electron chi connectivity index (χ3n) is 1.44. The summed E-state index contributed by atoms with van der Waals surface area (Å²) >= 11 is 0. The highest BCUT2D eigenvalue weighted by atomic mass is 16.5. The molecule has 0 atom stereocenters. The first-order chi connectivity index (χ1) is 5.93. The molecule has 0 aliphatic heterocycles. The summed E-state index contributed by atoms with van der Waals surface area (Å²) in [6, 6.07) is 0. The first kappa shape index (κ1) is 9.53. The second-order valence-electron chi connectivity index (χ2n) is 2.52. The molecule has 12 heavy (non-hydrogen) atoms. The van der Waals surface area contributed by atoms with Gasteiger partial charge in [0.1, 0.15) is 5.92 Å². The van der Waals surface area contributed by atoms with Gasteiger partial charge in [0.05, 0.1) is 33.0 Å². The van der Waals surface area contributed by atoms with Crippen molar-refractivity contribution in [2.75, 3.05) is 40.1 Å². The van der Waals surface area contributed by atoms with Gasteiger partial charge in [-0.05, 0) is 0 Å². The fourth-order valence-corrected chi connectivity index (χ4v) is 0.706. The molecule has 0 unspecified atom stereocenters. The van der Waals surface area contributed by atoms with Gasteiger partial charge in [0.15, 0.2) is 0 Å². The molecule has 68 valence electrons. The summed E-state index contributed by atoms with van der Waals surface area (Å²) in [5.41, 5.74) is 0. The Morgan fingerprint density at radius 2 is 1.67 bits per heavy atom. The van der Waals surface area contributed by atoms with Gasteiger partial charge in [-0.3, -0.25) is 0 Å². The molecule has 0 aromatic carbocycles. The standard InChI is InChI=1S/C9H14O3/c1-10-4-5-11-6-7-12-8-9-2-3-9/h9H,4-8H2,1H3. The highest BCUT2D eigenvalue weighted by Crippen LogP contribution is 2.03. The highest BCUT2D eigenvalue weighted by molar-refractivity contribution is 5.29. The lowest BCUT2D eigenvalue weighted by molar-refractivity contribution is 0.0238. The van der Waals surface area contributed by atoms with Crippen molar-refractivity contribution >= 4 is 0 Å². The lowest BCUT2D eigenvalue weighted by Crippen LogP contribution is -2.09. The molecule has 0 amide bonds. The molecule has 1 aliphatic rings. The average Bonchev–Trinajstić information content (AvgIpc) is 2.87. The van der Waals surface area contributed by atoms with Crippen LogP contribution >= 0.6 is 0 Å². The Bertz CT molecular complexity index is 160. The summed E-state index contributed by atoms with van der Waals surface area (Å²) in [5.74, 6) is 6.17. The van der Waals surface area contributed by atoms with Crippen LogP contribution in [0.4, 0.5) is 0 Å². The molecule has 0 heterocycles. The summed E-state index contributed by atoms with van der Waals surface area (Å²) in [6.45, 7) is 3.26. The van der Waals surface area contributed by atoms with Gasteiger partial charge in [-0.15, -0.1) is 0 Å². The van der Waals surface area contributed by atoms with Crippen LogP contribution in [0.15, 0.2) is 0 Å². The zero-order valence-electron chi connectivity index (χ0n) is 7.34. The van der Waals surface area contributed by atoms with Crippen molar-refractivity contribution < 1.29 is 14.2 Å². The summed E-state index contributed by atoms with van der Waals surface area (Å²) in [7, 11) is 1.66. The van der Waals surface area contributed by atoms with E-state index in [1.165, 1.54) is 0 Å². The topological polar surface area (TPSA) is 27.7 Å².